The number of carboxylic acids is 1. The third-order valence-corrected chi connectivity index (χ3v) is 2.35. The van der Waals surface area contributed by atoms with Crippen LogP contribution in [0, 0.1) is 0 Å². The number of nitrogens with zero attached hydrogens (tertiary/aromatic N) is 1. The van der Waals surface area contributed by atoms with Crippen molar-refractivity contribution >= 4 is 5.97 Å². The van der Waals surface area contributed by atoms with Crippen LogP contribution in [-0.4, -0.2) is 46.8 Å². The number of unbranched alkanes of at least 4 members (excludes halogenated alkanes) is 1. The van der Waals surface area contributed by atoms with Gasteiger partial charge in [0.05, 0.1) is 6.61 Å². The van der Waals surface area contributed by atoms with Crippen molar-refractivity contribution in [2.45, 2.75) is 39.2 Å². The smallest absolute Gasteiger partial charge is 0.320 e. The first-order chi connectivity index (χ1) is 6.67. The van der Waals surface area contributed by atoms with Crippen LogP contribution in [0.5, 0.6) is 0 Å². The molecule has 0 aliphatic rings. The first kappa shape index (κ1) is 13.4. The van der Waals surface area contributed by atoms with Crippen molar-refractivity contribution in [1.29, 1.82) is 0 Å². The average Bonchev–Trinajstić information content (AvgIpc) is 2.16. The van der Waals surface area contributed by atoms with Crippen molar-refractivity contribution in [2.75, 3.05) is 19.7 Å². The standard InChI is InChI=1S/C10H21NO3/c1-3-5-6-9(10(13)14)11(4-2)7-8-12/h9,12H,3-8H2,1-2H3,(H,13,14). The molecular formula is C10H21NO3. The number of hydrogen-bond donors (Lipinski definition) is 2. The van der Waals surface area contributed by atoms with Crippen LogP contribution < -0.4 is 0 Å². The molecule has 4 heteroatoms. The normalized spacial score (nSPS) is 13.1. The summed E-state index contributed by atoms with van der Waals surface area (Å²) >= 11 is 0. The molecule has 0 rings (SSSR count). The van der Waals surface area contributed by atoms with Crippen LogP contribution >= 0.6 is 0 Å². The minimum absolute atomic E-state index is 0.0176. The monoisotopic (exact) mass is 203 g/mol. The Labute approximate surface area is 85.5 Å². The topological polar surface area (TPSA) is 60.8 Å². The molecule has 84 valence electrons. The number of likely N-dealkylation sites (N-methyl/N-ethyl adjacent to an activating group) is 1. The summed E-state index contributed by atoms with van der Waals surface area (Å²) in [5, 5.41) is 17.8. The third kappa shape index (κ3) is 4.58. The van der Waals surface area contributed by atoms with Crippen molar-refractivity contribution in [3.8, 4) is 0 Å². The van der Waals surface area contributed by atoms with Gasteiger partial charge < -0.3 is 10.2 Å². The lowest BCUT2D eigenvalue weighted by molar-refractivity contribution is -0.143. The maximum atomic E-state index is 11.0. The van der Waals surface area contributed by atoms with Crippen LogP contribution in [0.4, 0.5) is 0 Å². The summed E-state index contributed by atoms with van der Waals surface area (Å²) in [4.78, 5) is 12.8. The second-order valence-electron chi connectivity index (χ2n) is 3.35. The lowest BCUT2D eigenvalue weighted by atomic mass is 10.1. The van der Waals surface area contributed by atoms with E-state index in [0.29, 0.717) is 19.5 Å². The molecule has 0 radical (unpaired) electrons. The molecule has 0 heterocycles. The predicted molar refractivity (Wildman–Crippen MR) is 55.3 cm³/mol. The van der Waals surface area contributed by atoms with Crippen molar-refractivity contribution in [3.05, 3.63) is 0 Å². The Balaban J connectivity index is 4.20. The predicted octanol–water partition coefficient (Wildman–Crippen LogP) is 0.944. The van der Waals surface area contributed by atoms with Crippen LogP contribution in [0.15, 0.2) is 0 Å². The zero-order valence-electron chi connectivity index (χ0n) is 9.07. The molecule has 0 saturated carbocycles. The van der Waals surface area contributed by atoms with Crippen molar-refractivity contribution < 1.29 is 15.0 Å². The first-order valence-corrected chi connectivity index (χ1v) is 5.25. The van der Waals surface area contributed by atoms with Gasteiger partial charge in [-0.1, -0.05) is 26.7 Å². The van der Waals surface area contributed by atoms with Crippen LogP contribution in [0.1, 0.15) is 33.1 Å². The summed E-state index contributed by atoms with van der Waals surface area (Å²) in [6.45, 7) is 5.08. The molecule has 0 aromatic carbocycles. The van der Waals surface area contributed by atoms with Crippen LogP contribution in [0.2, 0.25) is 0 Å². The Morgan fingerprint density at radius 2 is 2.07 bits per heavy atom. The molecule has 0 bridgehead atoms. The number of carbonyl (C=O) groups is 1. The number of aliphatic hydroxyl groups excluding tert-OH is 1. The van der Waals surface area contributed by atoms with Crippen LogP contribution in [0.25, 0.3) is 0 Å². The molecule has 0 aliphatic carbocycles. The van der Waals surface area contributed by atoms with Gasteiger partial charge in [0.25, 0.3) is 0 Å². The fourth-order valence-corrected chi connectivity index (χ4v) is 1.52. The average molecular weight is 203 g/mol. The fraction of sp³-hybridized carbons (Fsp3) is 0.900. The number of carboxylic acid groups (broad SMARTS) is 1. The highest BCUT2D eigenvalue weighted by Gasteiger charge is 2.22. The van der Waals surface area contributed by atoms with Crippen molar-refractivity contribution in [1.82, 2.24) is 4.90 Å². The van der Waals surface area contributed by atoms with Gasteiger partial charge in [-0.25, -0.2) is 0 Å². The SMILES string of the molecule is CCCCC(C(=O)O)N(CC)CCO. The molecule has 1 unspecified atom stereocenters. The van der Waals surface area contributed by atoms with E-state index in [1.807, 2.05) is 13.8 Å². The van der Waals surface area contributed by atoms with Crippen LogP contribution in [0.3, 0.4) is 0 Å². The first-order valence-electron chi connectivity index (χ1n) is 5.25. The van der Waals surface area contributed by atoms with E-state index in [0.717, 1.165) is 12.8 Å². The number of rotatable bonds is 8. The molecule has 0 aromatic rings. The molecule has 0 aromatic heterocycles. The van der Waals surface area contributed by atoms with Gasteiger partial charge in [0.15, 0.2) is 0 Å². The Bertz CT molecular complexity index is 161. The Kier molecular flexibility index (Phi) is 7.42. The minimum atomic E-state index is -0.784. The second kappa shape index (κ2) is 7.76. The maximum Gasteiger partial charge on any atom is 0.320 e. The van der Waals surface area contributed by atoms with Crippen LogP contribution in [-0.2, 0) is 4.79 Å². The molecule has 4 nitrogen and oxygen atoms in total. The number of aliphatic carboxylic acids is 1. The largest absolute Gasteiger partial charge is 0.480 e. The third-order valence-electron chi connectivity index (χ3n) is 2.35. The van der Waals surface area contributed by atoms with E-state index in [1.54, 1.807) is 4.90 Å². The quantitative estimate of drug-likeness (QED) is 0.616. The highest BCUT2D eigenvalue weighted by atomic mass is 16.4. The van der Waals surface area contributed by atoms with E-state index in [-0.39, 0.29) is 6.61 Å². The van der Waals surface area contributed by atoms with E-state index in [4.69, 9.17) is 10.2 Å². The van der Waals surface area contributed by atoms with Gasteiger partial charge >= 0.3 is 5.97 Å². The molecule has 2 N–H and O–H groups in total. The summed E-state index contributed by atoms with van der Waals surface area (Å²) in [5.41, 5.74) is 0. The van der Waals surface area contributed by atoms with Gasteiger partial charge in [-0.3, -0.25) is 9.69 Å². The number of hydrogen-bond acceptors (Lipinski definition) is 3. The molecule has 0 saturated heterocycles. The second-order valence-corrected chi connectivity index (χ2v) is 3.35. The summed E-state index contributed by atoms with van der Waals surface area (Å²) in [6.07, 6.45) is 2.58. The summed E-state index contributed by atoms with van der Waals surface area (Å²) in [7, 11) is 0. The van der Waals surface area contributed by atoms with E-state index < -0.39 is 12.0 Å². The summed E-state index contributed by atoms with van der Waals surface area (Å²) in [5.74, 6) is -0.784. The highest BCUT2D eigenvalue weighted by Crippen LogP contribution is 2.08. The van der Waals surface area contributed by atoms with Gasteiger partial charge in [0.2, 0.25) is 0 Å². The van der Waals surface area contributed by atoms with Gasteiger partial charge in [0, 0.05) is 6.54 Å². The van der Waals surface area contributed by atoms with Gasteiger partial charge in [-0.15, -0.1) is 0 Å². The van der Waals surface area contributed by atoms with E-state index in [1.165, 1.54) is 0 Å². The highest BCUT2D eigenvalue weighted by molar-refractivity contribution is 5.73. The lowest BCUT2D eigenvalue weighted by Crippen LogP contribution is -2.42. The fourth-order valence-electron chi connectivity index (χ4n) is 1.52. The number of aliphatic hydroxyl groups is 1. The summed E-state index contributed by atoms with van der Waals surface area (Å²) in [6, 6.07) is -0.438. The van der Waals surface area contributed by atoms with E-state index in [2.05, 4.69) is 0 Å². The minimum Gasteiger partial charge on any atom is -0.480 e. The zero-order valence-corrected chi connectivity index (χ0v) is 9.07. The molecule has 0 aliphatic heterocycles. The summed E-state index contributed by atoms with van der Waals surface area (Å²) < 4.78 is 0. The van der Waals surface area contributed by atoms with Crippen molar-refractivity contribution in [3.63, 3.8) is 0 Å². The van der Waals surface area contributed by atoms with Crippen molar-refractivity contribution in [2.24, 2.45) is 0 Å². The molecule has 0 spiro atoms. The zero-order chi connectivity index (χ0) is 11.0. The maximum absolute atomic E-state index is 11.0. The van der Waals surface area contributed by atoms with E-state index in [9.17, 15) is 4.79 Å². The molecule has 1 atom stereocenters. The molecule has 14 heavy (non-hydrogen) atoms. The van der Waals surface area contributed by atoms with Gasteiger partial charge in [0.1, 0.15) is 6.04 Å². The lowest BCUT2D eigenvalue weighted by Gasteiger charge is -2.26. The Hall–Kier alpha value is -0.610. The van der Waals surface area contributed by atoms with Gasteiger partial charge in [-0.2, -0.15) is 0 Å². The van der Waals surface area contributed by atoms with Gasteiger partial charge in [-0.05, 0) is 13.0 Å². The Morgan fingerprint density at radius 1 is 1.43 bits per heavy atom. The van der Waals surface area contributed by atoms with E-state index >= 15 is 0 Å². The molecular weight excluding hydrogens is 182 g/mol. The molecule has 0 amide bonds. The molecule has 0 fully saturated rings. The Morgan fingerprint density at radius 3 is 2.43 bits per heavy atom.